The number of hydrogen-bond donors (Lipinski definition) is 0. The molecule has 17 heavy (non-hydrogen) atoms. The van der Waals surface area contributed by atoms with Gasteiger partial charge in [0.2, 0.25) is 0 Å². The molecule has 0 amide bonds. The Morgan fingerprint density at radius 2 is 1.47 bits per heavy atom. The molecule has 1 heteroatoms. The van der Waals surface area contributed by atoms with Crippen LogP contribution in [0.2, 0.25) is 0 Å². The SMILES string of the molecule is Cc1cc(C)cc(-c2ccc(CC#N)cc2)c1. The Morgan fingerprint density at radius 3 is 2.00 bits per heavy atom. The van der Waals surface area contributed by atoms with Gasteiger partial charge >= 0.3 is 0 Å². The van der Waals surface area contributed by atoms with Crippen LogP contribution in [0.5, 0.6) is 0 Å². The summed E-state index contributed by atoms with van der Waals surface area (Å²) in [7, 11) is 0. The van der Waals surface area contributed by atoms with Gasteiger partial charge in [-0.15, -0.1) is 0 Å². The fourth-order valence-electron chi connectivity index (χ4n) is 2.05. The fraction of sp³-hybridized carbons (Fsp3) is 0.188. The largest absolute Gasteiger partial charge is 0.198 e. The molecular weight excluding hydrogens is 206 g/mol. The third-order valence-corrected chi connectivity index (χ3v) is 2.79. The molecule has 0 aliphatic heterocycles. The molecule has 0 N–H and O–H groups in total. The van der Waals surface area contributed by atoms with Gasteiger partial charge in [-0.3, -0.25) is 0 Å². The average Bonchev–Trinajstić information content (AvgIpc) is 2.29. The Bertz CT molecular complexity index is 539. The van der Waals surface area contributed by atoms with E-state index in [1.807, 2.05) is 12.1 Å². The van der Waals surface area contributed by atoms with Gasteiger partial charge in [-0.1, -0.05) is 53.6 Å². The molecule has 0 spiro atoms. The van der Waals surface area contributed by atoms with Crippen LogP contribution in [0.15, 0.2) is 42.5 Å². The van der Waals surface area contributed by atoms with E-state index in [4.69, 9.17) is 5.26 Å². The molecule has 0 bridgehead atoms. The molecule has 0 aromatic heterocycles. The van der Waals surface area contributed by atoms with E-state index in [0.29, 0.717) is 6.42 Å². The third kappa shape index (κ3) is 2.73. The second-order valence-electron chi connectivity index (χ2n) is 4.41. The summed E-state index contributed by atoms with van der Waals surface area (Å²) in [5.74, 6) is 0. The monoisotopic (exact) mass is 221 g/mol. The minimum Gasteiger partial charge on any atom is -0.198 e. The van der Waals surface area contributed by atoms with Gasteiger partial charge in [0.05, 0.1) is 12.5 Å². The lowest BCUT2D eigenvalue weighted by molar-refractivity contribution is 1.26. The molecule has 0 atom stereocenters. The summed E-state index contributed by atoms with van der Waals surface area (Å²) in [6.45, 7) is 4.22. The van der Waals surface area contributed by atoms with Crippen LogP contribution < -0.4 is 0 Å². The number of nitriles is 1. The molecule has 2 aromatic rings. The standard InChI is InChI=1S/C16H15N/c1-12-9-13(2)11-16(10-12)15-5-3-14(4-6-15)7-8-17/h3-6,9-11H,7H2,1-2H3. The van der Waals surface area contributed by atoms with Crippen LogP contribution in [0.3, 0.4) is 0 Å². The van der Waals surface area contributed by atoms with Gasteiger partial charge in [0, 0.05) is 0 Å². The molecule has 1 nitrogen and oxygen atoms in total. The van der Waals surface area contributed by atoms with E-state index in [9.17, 15) is 0 Å². The number of hydrogen-bond acceptors (Lipinski definition) is 1. The molecule has 0 fully saturated rings. The molecule has 2 aromatic carbocycles. The van der Waals surface area contributed by atoms with Gasteiger partial charge in [0.15, 0.2) is 0 Å². The molecule has 0 saturated heterocycles. The first-order valence-corrected chi connectivity index (χ1v) is 5.73. The summed E-state index contributed by atoms with van der Waals surface area (Å²) in [5.41, 5.74) is 6.08. The summed E-state index contributed by atoms with van der Waals surface area (Å²) in [6, 6.07) is 16.9. The minimum absolute atomic E-state index is 0.479. The lowest BCUT2D eigenvalue weighted by Crippen LogP contribution is -1.85. The molecule has 0 aliphatic rings. The first-order chi connectivity index (χ1) is 8.19. The number of aryl methyl sites for hydroxylation is 2. The van der Waals surface area contributed by atoms with E-state index in [1.54, 1.807) is 0 Å². The Kier molecular flexibility index (Phi) is 3.25. The fourth-order valence-corrected chi connectivity index (χ4v) is 2.05. The van der Waals surface area contributed by atoms with Gasteiger partial charge in [0.25, 0.3) is 0 Å². The summed E-state index contributed by atoms with van der Waals surface area (Å²) < 4.78 is 0. The first kappa shape index (κ1) is 11.4. The predicted octanol–water partition coefficient (Wildman–Crippen LogP) is 4.04. The van der Waals surface area contributed by atoms with Crippen LogP contribution in [0, 0.1) is 25.2 Å². The second kappa shape index (κ2) is 4.84. The molecule has 84 valence electrons. The number of nitrogens with zero attached hydrogens (tertiary/aromatic N) is 1. The van der Waals surface area contributed by atoms with Crippen molar-refractivity contribution in [3.8, 4) is 17.2 Å². The molecule has 0 saturated carbocycles. The van der Waals surface area contributed by atoms with Crippen LogP contribution in [-0.2, 0) is 6.42 Å². The maximum atomic E-state index is 8.63. The molecular formula is C16H15N. The van der Waals surface area contributed by atoms with Gasteiger partial charge in [-0.25, -0.2) is 0 Å². The molecule has 0 radical (unpaired) electrons. The lowest BCUT2D eigenvalue weighted by Gasteiger charge is -2.06. The van der Waals surface area contributed by atoms with Gasteiger partial charge in [-0.2, -0.15) is 5.26 Å². The average molecular weight is 221 g/mol. The Labute approximate surface area is 102 Å². The lowest BCUT2D eigenvalue weighted by atomic mass is 9.99. The van der Waals surface area contributed by atoms with Crippen molar-refractivity contribution in [3.05, 3.63) is 59.2 Å². The normalized spacial score (nSPS) is 9.94. The van der Waals surface area contributed by atoms with Crippen molar-refractivity contribution in [1.29, 1.82) is 5.26 Å². The van der Waals surface area contributed by atoms with Crippen molar-refractivity contribution in [2.45, 2.75) is 20.3 Å². The molecule has 0 unspecified atom stereocenters. The summed E-state index contributed by atoms with van der Waals surface area (Å²) >= 11 is 0. The van der Waals surface area contributed by atoms with Gasteiger partial charge in [-0.05, 0) is 30.5 Å². The van der Waals surface area contributed by atoms with E-state index in [1.165, 1.54) is 22.3 Å². The second-order valence-corrected chi connectivity index (χ2v) is 4.41. The van der Waals surface area contributed by atoms with Crippen molar-refractivity contribution >= 4 is 0 Å². The molecule has 0 aliphatic carbocycles. The Hall–Kier alpha value is -2.07. The highest BCUT2D eigenvalue weighted by atomic mass is 14.2. The van der Waals surface area contributed by atoms with E-state index in [0.717, 1.165) is 5.56 Å². The maximum absolute atomic E-state index is 8.63. The summed E-state index contributed by atoms with van der Waals surface area (Å²) in [5, 5.41) is 8.63. The van der Waals surface area contributed by atoms with Crippen molar-refractivity contribution < 1.29 is 0 Å². The van der Waals surface area contributed by atoms with Crippen molar-refractivity contribution in [2.24, 2.45) is 0 Å². The van der Waals surface area contributed by atoms with Crippen molar-refractivity contribution in [2.75, 3.05) is 0 Å². The Morgan fingerprint density at radius 1 is 0.882 bits per heavy atom. The predicted molar refractivity (Wildman–Crippen MR) is 70.7 cm³/mol. The quantitative estimate of drug-likeness (QED) is 0.751. The zero-order chi connectivity index (χ0) is 12.3. The van der Waals surface area contributed by atoms with Gasteiger partial charge in [0.1, 0.15) is 0 Å². The Balaban J connectivity index is 2.36. The minimum atomic E-state index is 0.479. The maximum Gasteiger partial charge on any atom is 0.0669 e. The van der Waals surface area contributed by atoms with Crippen molar-refractivity contribution in [1.82, 2.24) is 0 Å². The third-order valence-electron chi connectivity index (χ3n) is 2.79. The van der Waals surface area contributed by atoms with Gasteiger partial charge < -0.3 is 0 Å². The van der Waals surface area contributed by atoms with Crippen molar-refractivity contribution in [3.63, 3.8) is 0 Å². The molecule has 2 rings (SSSR count). The van der Waals surface area contributed by atoms with E-state index < -0.39 is 0 Å². The smallest absolute Gasteiger partial charge is 0.0669 e. The van der Waals surface area contributed by atoms with Crippen LogP contribution in [0.25, 0.3) is 11.1 Å². The number of rotatable bonds is 2. The zero-order valence-corrected chi connectivity index (χ0v) is 10.2. The summed E-state index contributed by atoms with van der Waals surface area (Å²) in [6.07, 6.45) is 0.479. The van der Waals surface area contributed by atoms with E-state index >= 15 is 0 Å². The van der Waals surface area contributed by atoms with Crippen LogP contribution >= 0.6 is 0 Å². The first-order valence-electron chi connectivity index (χ1n) is 5.73. The van der Waals surface area contributed by atoms with Crippen LogP contribution in [-0.4, -0.2) is 0 Å². The van der Waals surface area contributed by atoms with E-state index in [2.05, 4.69) is 50.2 Å². The highest BCUT2D eigenvalue weighted by molar-refractivity contribution is 5.65. The van der Waals surface area contributed by atoms with Crippen LogP contribution in [0.1, 0.15) is 16.7 Å². The highest BCUT2D eigenvalue weighted by Crippen LogP contribution is 2.22. The zero-order valence-electron chi connectivity index (χ0n) is 10.2. The molecule has 0 heterocycles. The highest BCUT2D eigenvalue weighted by Gasteiger charge is 2.00. The topological polar surface area (TPSA) is 23.8 Å². The van der Waals surface area contributed by atoms with E-state index in [-0.39, 0.29) is 0 Å². The van der Waals surface area contributed by atoms with Crippen LogP contribution in [0.4, 0.5) is 0 Å². The number of benzene rings is 2. The summed E-state index contributed by atoms with van der Waals surface area (Å²) in [4.78, 5) is 0.